The third-order valence-corrected chi connectivity index (χ3v) is 3.92. The largest absolute Gasteiger partial charge is 0.479 e. The lowest BCUT2D eigenvalue weighted by Crippen LogP contribution is -2.63. The summed E-state index contributed by atoms with van der Waals surface area (Å²) in [6.07, 6.45) is -4.19. The summed E-state index contributed by atoms with van der Waals surface area (Å²) in [4.78, 5) is 22.7. The maximum atomic E-state index is 12.4. The number of rotatable bonds is 1. The van der Waals surface area contributed by atoms with E-state index in [1.165, 1.54) is 0 Å². The first-order valence-electron chi connectivity index (χ1n) is 5.90. The summed E-state index contributed by atoms with van der Waals surface area (Å²) < 4.78 is 37.1. The van der Waals surface area contributed by atoms with Crippen molar-refractivity contribution in [3.63, 3.8) is 0 Å². The maximum Gasteiger partial charge on any atom is 0.471 e. The number of hydrogen-bond donors (Lipinski definition) is 2. The molecule has 1 spiro atoms. The summed E-state index contributed by atoms with van der Waals surface area (Å²) in [6.45, 7) is -0.119. The number of aliphatic carboxylic acids is 1. The standard InChI is InChI=1S/C11H14F3NO4/c12-11(13,14)7(16)15-3-1-2-9(6-15)4-10(19,5-9)8(17)18/h19H,1-6H2,(H,17,18). The maximum absolute atomic E-state index is 12.4. The molecule has 1 amide bonds. The third kappa shape index (κ3) is 2.41. The third-order valence-electron chi connectivity index (χ3n) is 3.92. The minimum Gasteiger partial charge on any atom is -0.479 e. The number of carbonyl (C=O) groups excluding carboxylic acids is 1. The lowest BCUT2D eigenvalue weighted by molar-refractivity contribution is -0.205. The van der Waals surface area contributed by atoms with Crippen LogP contribution in [0.2, 0.25) is 0 Å². The van der Waals surface area contributed by atoms with E-state index in [1.807, 2.05) is 0 Å². The molecule has 0 aromatic heterocycles. The van der Waals surface area contributed by atoms with Gasteiger partial charge >= 0.3 is 18.1 Å². The molecule has 1 aliphatic heterocycles. The highest BCUT2D eigenvalue weighted by Crippen LogP contribution is 2.53. The van der Waals surface area contributed by atoms with Crippen molar-refractivity contribution in [2.75, 3.05) is 13.1 Å². The van der Waals surface area contributed by atoms with Crippen molar-refractivity contribution in [3.05, 3.63) is 0 Å². The Morgan fingerprint density at radius 1 is 1.21 bits per heavy atom. The van der Waals surface area contributed by atoms with Crippen molar-refractivity contribution in [1.29, 1.82) is 0 Å². The molecule has 1 aliphatic carbocycles. The fraction of sp³-hybridized carbons (Fsp3) is 0.818. The van der Waals surface area contributed by atoms with Gasteiger partial charge in [0.1, 0.15) is 0 Å². The van der Waals surface area contributed by atoms with Gasteiger partial charge in [-0.3, -0.25) is 4.79 Å². The molecule has 0 atom stereocenters. The zero-order chi connectivity index (χ0) is 14.5. The zero-order valence-corrected chi connectivity index (χ0v) is 10.0. The number of halogens is 3. The molecular weight excluding hydrogens is 267 g/mol. The molecule has 0 radical (unpaired) electrons. The van der Waals surface area contributed by atoms with Crippen LogP contribution >= 0.6 is 0 Å². The van der Waals surface area contributed by atoms with Crippen LogP contribution in [-0.2, 0) is 9.59 Å². The van der Waals surface area contributed by atoms with Crippen LogP contribution in [-0.4, -0.2) is 51.9 Å². The molecule has 2 N–H and O–H groups in total. The highest BCUT2D eigenvalue weighted by atomic mass is 19.4. The quantitative estimate of drug-likeness (QED) is 0.744. The number of amides is 1. The first-order chi connectivity index (χ1) is 8.58. The van der Waals surface area contributed by atoms with E-state index < -0.39 is 29.1 Å². The Labute approximate surface area is 107 Å². The average Bonchev–Trinajstić information content (AvgIpc) is 2.25. The number of aliphatic hydroxyl groups is 1. The first-order valence-corrected chi connectivity index (χ1v) is 5.90. The first kappa shape index (κ1) is 14.1. The van der Waals surface area contributed by atoms with Gasteiger partial charge in [-0.25, -0.2) is 4.79 Å². The molecule has 2 aliphatic rings. The van der Waals surface area contributed by atoms with Crippen LogP contribution in [0.4, 0.5) is 13.2 Å². The second-order valence-corrected chi connectivity index (χ2v) is 5.52. The van der Waals surface area contributed by atoms with Crippen LogP contribution in [0, 0.1) is 5.41 Å². The van der Waals surface area contributed by atoms with Gasteiger partial charge in [0, 0.05) is 13.1 Å². The fourth-order valence-electron chi connectivity index (χ4n) is 3.19. The molecule has 0 aromatic rings. The summed E-state index contributed by atoms with van der Waals surface area (Å²) in [6, 6.07) is 0. The Balaban J connectivity index is 2.04. The van der Waals surface area contributed by atoms with Gasteiger partial charge in [-0.1, -0.05) is 0 Å². The van der Waals surface area contributed by atoms with Gasteiger partial charge in [0.25, 0.3) is 0 Å². The van der Waals surface area contributed by atoms with Crippen LogP contribution in [0.15, 0.2) is 0 Å². The van der Waals surface area contributed by atoms with E-state index in [0.717, 1.165) is 0 Å². The van der Waals surface area contributed by atoms with Crippen molar-refractivity contribution < 1.29 is 33.0 Å². The molecule has 5 nitrogen and oxygen atoms in total. The Morgan fingerprint density at radius 3 is 2.26 bits per heavy atom. The number of nitrogens with zero attached hydrogens (tertiary/aromatic N) is 1. The Hall–Kier alpha value is -1.31. The smallest absolute Gasteiger partial charge is 0.471 e. The van der Waals surface area contributed by atoms with Gasteiger partial charge in [-0.15, -0.1) is 0 Å². The van der Waals surface area contributed by atoms with E-state index in [0.29, 0.717) is 17.7 Å². The van der Waals surface area contributed by atoms with Crippen LogP contribution < -0.4 is 0 Å². The van der Waals surface area contributed by atoms with Crippen LogP contribution in [0.5, 0.6) is 0 Å². The van der Waals surface area contributed by atoms with Gasteiger partial charge in [0.15, 0.2) is 5.60 Å². The van der Waals surface area contributed by atoms with Crippen LogP contribution in [0.1, 0.15) is 25.7 Å². The van der Waals surface area contributed by atoms with E-state index in [-0.39, 0.29) is 25.9 Å². The molecule has 2 rings (SSSR count). The summed E-state index contributed by atoms with van der Waals surface area (Å²) in [5.74, 6) is -3.25. The number of likely N-dealkylation sites (tertiary alicyclic amines) is 1. The molecule has 19 heavy (non-hydrogen) atoms. The van der Waals surface area contributed by atoms with E-state index in [1.54, 1.807) is 0 Å². The highest BCUT2D eigenvalue weighted by Gasteiger charge is 2.60. The number of carbonyl (C=O) groups is 2. The van der Waals surface area contributed by atoms with E-state index >= 15 is 0 Å². The number of carboxylic acids is 1. The molecule has 1 saturated carbocycles. The predicted molar refractivity (Wildman–Crippen MR) is 56.1 cm³/mol. The Kier molecular flexibility index (Phi) is 3.04. The second kappa shape index (κ2) is 4.09. The minimum absolute atomic E-state index is 0.0194. The molecule has 1 saturated heterocycles. The lowest BCUT2D eigenvalue weighted by Gasteiger charge is -2.55. The molecular formula is C11H14F3NO4. The minimum atomic E-state index is -4.91. The molecule has 0 aromatic carbocycles. The monoisotopic (exact) mass is 281 g/mol. The van der Waals surface area contributed by atoms with Crippen LogP contribution in [0.3, 0.4) is 0 Å². The van der Waals surface area contributed by atoms with Gasteiger partial charge in [-0.05, 0) is 31.1 Å². The molecule has 8 heteroatoms. The van der Waals surface area contributed by atoms with Gasteiger partial charge in [0.05, 0.1) is 0 Å². The van der Waals surface area contributed by atoms with Crippen molar-refractivity contribution >= 4 is 11.9 Å². The molecule has 0 unspecified atom stereocenters. The van der Waals surface area contributed by atoms with Crippen molar-refractivity contribution in [2.24, 2.45) is 5.41 Å². The van der Waals surface area contributed by atoms with Gasteiger partial charge < -0.3 is 15.1 Å². The highest BCUT2D eigenvalue weighted by molar-refractivity contribution is 5.82. The topological polar surface area (TPSA) is 77.8 Å². The van der Waals surface area contributed by atoms with Crippen molar-refractivity contribution in [1.82, 2.24) is 4.90 Å². The zero-order valence-electron chi connectivity index (χ0n) is 10.0. The fourth-order valence-corrected chi connectivity index (χ4v) is 3.19. The number of hydrogen-bond acceptors (Lipinski definition) is 3. The van der Waals surface area contributed by atoms with Gasteiger partial charge in [0.2, 0.25) is 0 Å². The molecule has 1 heterocycles. The molecule has 0 bridgehead atoms. The lowest BCUT2D eigenvalue weighted by atomic mass is 9.56. The number of piperidine rings is 1. The molecule has 108 valence electrons. The van der Waals surface area contributed by atoms with Crippen LogP contribution in [0.25, 0.3) is 0 Å². The molecule has 2 fully saturated rings. The van der Waals surface area contributed by atoms with E-state index in [2.05, 4.69) is 0 Å². The normalized spacial score (nSPS) is 35.1. The second-order valence-electron chi connectivity index (χ2n) is 5.52. The van der Waals surface area contributed by atoms with E-state index in [9.17, 15) is 27.9 Å². The number of alkyl halides is 3. The van der Waals surface area contributed by atoms with Crippen molar-refractivity contribution in [2.45, 2.75) is 37.5 Å². The van der Waals surface area contributed by atoms with E-state index in [4.69, 9.17) is 5.11 Å². The SMILES string of the molecule is O=C(N1CCCC2(C1)CC(O)(C(=O)O)C2)C(F)(F)F. The summed E-state index contributed by atoms with van der Waals surface area (Å²) in [5.41, 5.74) is -2.55. The Bertz CT molecular complexity index is 415. The predicted octanol–water partition coefficient (Wildman–Crippen LogP) is 0.767. The summed E-state index contributed by atoms with van der Waals surface area (Å²) in [5, 5.41) is 18.5. The van der Waals surface area contributed by atoms with Gasteiger partial charge in [-0.2, -0.15) is 13.2 Å². The average molecular weight is 281 g/mol. The Morgan fingerprint density at radius 2 is 1.79 bits per heavy atom. The van der Waals surface area contributed by atoms with Crippen molar-refractivity contribution in [3.8, 4) is 0 Å². The number of carboxylic acid groups (broad SMARTS) is 1. The summed E-state index contributed by atoms with van der Waals surface area (Å²) in [7, 11) is 0. The summed E-state index contributed by atoms with van der Waals surface area (Å²) >= 11 is 0.